The summed E-state index contributed by atoms with van der Waals surface area (Å²) >= 11 is 0. The lowest BCUT2D eigenvalue weighted by atomic mass is 9.93. The standard InChI is InChI=1S/C23H29FO2Si/c1-2-3-4-15-27-16-13-19(14-17-27)18-5-7-20(8-6-18)23(25)26-22-11-9-21(24)10-12-22/h5-12,19,27H,2-4,13-17H2,1H3. The van der Waals surface area contributed by atoms with Crippen LogP contribution in [0.1, 0.15) is 60.9 Å². The largest absolute Gasteiger partial charge is 0.423 e. The van der Waals surface area contributed by atoms with E-state index in [-0.39, 0.29) is 5.82 Å². The smallest absolute Gasteiger partial charge is 0.343 e. The first-order valence-electron chi connectivity index (χ1n) is 10.2. The molecule has 0 radical (unpaired) electrons. The molecule has 2 aromatic rings. The molecule has 0 spiro atoms. The maximum absolute atomic E-state index is 12.9. The molecule has 144 valence electrons. The van der Waals surface area contributed by atoms with Crippen molar-refractivity contribution in [2.24, 2.45) is 0 Å². The van der Waals surface area contributed by atoms with Gasteiger partial charge in [-0.3, -0.25) is 0 Å². The van der Waals surface area contributed by atoms with Crippen LogP contribution in [0.5, 0.6) is 5.75 Å². The molecule has 1 aliphatic rings. The second-order valence-electron chi connectivity index (χ2n) is 7.68. The lowest BCUT2D eigenvalue weighted by molar-refractivity contribution is 0.0734. The topological polar surface area (TPSA) is 26.3 Å². The highest BCUT2D eigenvalue weighted by Gasteiger charge is 2.23. The fraction of sp³-hybridized carbons (Fsp3) is 0.435. The maximum Gasteiger partial charge on any atom is 0.343 e. The first-order valence-corrected chi connectivity index (χ1v) is 12.7. The number of benzene rings is 2. The molecule has 0 unspecified atom stereocenters. The number of rotatable bonds is 7. The Morgan fingerprint density at radius 1 is 1.04 bits per heavy atom. The Labute approximate surface area is 163 Å². The van der Waals surface area contributed by atoms with Crippen molar-refractivity contribution in [1.29, 1.82) is 0 Å². The highest BCUT2D eigenvalue weighted by Crippen LogP contribution is 2.35. The van der Waals surface area contributed by atoms with E-state index in [0.717, 1.165) is 0 Å². The Balaban J connectivity index is 1.51. The van der Waals surface area contributed by atoms with Crippen molar-refractivity contribution in [2.45, 2.75) is 63.1 Å². The van der Waals surface area contributed by atoms with Gasteiger partial charge in [0.15, 0.2) is 0 Å². The summed E-state index contributed by atoms with van der Waals surface area (Å²) in [5, 5.41) is 0. The predicted molar refractivity (Wildman–Crippen MR) is 111 cm³/mol. The first kappa shape index (κ1) is 19.8. The summed E-state index contributed by atoms with van der Waals surface area (Å²) in [5.74, 6) is 0.251. The Hall–Kier alpha value is -1.94. The second kappa shape index (κ2) is 9.84. The third-order valence-electron chi connectivity index (χ3n) is 5.70. The van der Waals surface area contributed by atoms with Gasteiger partial charge < -0.3 is 4.74 Å². The summed E-state index contributed by atoms with van der Waals surface area (Å²) in [6, 6.07) is 17.8. The zero-order valence-electron chi connectivity index (χ0n) is 16.1. The van der Waals surface area contributed by atoms with E-state index >= 15 is 0 Å². The van der Waals surface area contributed by atoms with Gasteiger partial charge in [0.1, 0.15) is 11.6 Å². The van der Waals surface area contributed by atoms with Crippen LogP contribution in [-0.4, -0.2) is 14.8 Å². The molecule has 2 aromatic carbocycles. The van der Waals surface area contributed by atoms with Crippen LogP contribution in [0, 0.1) is 5.82 Å². The van der Waals surface area contributed by atoms with Gasteiger partial charge in [0.05, 0.1) is 5.56 Å². The zero-order chi connectivity index (χ0) is 19.1. The van der Waals surface area contributed by atoms with Crippen LogP contribution in [0.25, 0.3) is 0 Å². The highest BCUT2D eigenvalue weighted by molar-refractivity contribution is 6.59. The summed E-state index contributed by atoms with van der Waals surface area (Å²) in [5.41, 5.74) is 1.88. The average molecular weight is 385 g/mol. The van der Waals surface area contributed by atoms with Crippen molar-refractivity contribution in [2.75, 3.05) is 0 Å². The molecule has 1 aliphatic heterocycles. The summed E-state index contributed by atoms with van der Waals surface area (Å²) < 4.78 is 18.2. The van der Waals surface area contributed by atoms with Crippen LogP contribution < -0.4 is 4.74 Å². The molecule has 0 aliphatic carbocycles. The minimum absolute atomic E-state index is 0.345. The number of esters is 1. The quantitative estimate of drug-likeness (QED) is 0.241. The fourth-order valence-corrected chi connectivity index (χ4v) is 7.51. The Morgan fingerprint density at radius 2 is 1.70 bits per heavy atom. The van der Waals surface area contributed by atoms with E-state index in [2.05, 4.69) is 19.1 Å². The normalized spacial score (nSPS) is 19.6. The van der Waals surface area contributed by atoms with E-state index in [1.54, 1.807) is 0 Å². The van der Waals surface area contributed by atoms with Gasteiger partial charge >= 0.3 is 5.97 Å². The molecule has 0 aromatic heterocycles. The molecule has 3 rings (SSSR count). The van der Waals surface area contributed by atoms with Crippen molar-refractivity contribution in [3.05, 3.63) is 65.5 Å². The lowest BCUT2D eigenvalue weighted by Gasteiger charge is -2.28. The number of halogens is 1. The number of hydrogen-bond acceptors (Lipinski definition) is 2. The number of hydrogen-bond donors (Lipinski definition) is 0. The average Bonchev–Trinajstić information content (AvgIpc) is 2.70. The van der Waals surface area contributed by atoms with E-state index in [1.807, 2.05) is 12.1 Å². The van der Waals surface area contributed by atoms with E-state index in [0.29, 0.717) is 17.2 Å². The highest BCUT2D eigenvalue weighted by atomic mass is 28.3. The summed E-state index contributed by atoms with van der Waals surface area (Å²) in [6.07, 6.45) is 6.76. The summed E-state index contributed by atoms with van der Waals surface area (Å²) in [4.78, 5) is 12.2. The third-order valence-corrected chi connectivity index (χ3v) is 9.23. The van der Waals surface area contributed by atoms with Crippen molar-refractivity contribution in [1.82, 2.24) is 0 Å². The molecule has 0 atom stereocenters. The van der Waals surface area contributed by atoms with Crippen LogP contribution in [-0.2, 0) is 0 Å². The molecule has 27 heavy (non-hydrogen) atoms. The molecule has 0 N–H and O–H groups in total. The van der Waals surface area contributed by atoms with Crippen LogP contribution in [0.3, 0.4) is 0 Å². The summed E-state index contributed by atoms with van der Waals surface area (Å²) in [6.45, 7) is 2.28. The monoisotopic (exact) mass is 384 g/mol. The summed E-state index contributed by atoms with van der Waals surface area (Å²) in [7, 11) is -0.490. The fourth-order valence-electron chi connectivity index (χ4n) is 4.03. The van der Waals surface area contributed by atoms with Gasteiger partial charge in [-0.25, -0.2) is 9.18 Å². The van der Waals surface area contributed by atoms with Gasteiger partial charge in [0, 0.05) is 8.80 Å². The molecule has 0 amide bonds. The molecule has 1 saturated heterocycles. The Bertz CT molecular complexity index is 719. The molecular weight excluding hydrogens is 355 g/mol. The van der Waals surface area contributed by atoms with Crippen LogP contribution in [0.15, 0.2) is 48.5 Å². The minimum Gasteiger partial charge on any atom is -0.423 e. The van der Waals surface area contributed by atoms with E-state index in [9.17, 15) is 9.18 Å². The van der Waals surface area contributed by atoms with Crippen molar-refractivity contribution in [3.8, 4) is 5.75 Å². The molecule has 4 heteroatoms. The van der Waals surface area contributed by atoms with Crippen LogP contribution >= 0.6 is 0 Å². The van der Waals surface area contributed by atoms with E-state index < -0.39 is 14.8 Å². The van der Waals surface area contributed by atoms with Gasteiger partial charge in [-0.2, -0.15) is 0 Å². The van der Waals surface area contributed by atoms with E-state index in [1.165, 1.54) is 80.1 Å². The Kier molecular flexibility index (Phi) is 7.22. The Morgan fingerprint density at radius 3 is 2.33 bits per heavy atom. The van der Waals surface area contributed by atoms with E-state index in [4.69, 9.17) is 4.74 Å². The molecule has 2 nitrogen and oxygen atoms in total. The zero-order valence-corrected chi connectivity index (χ0v) is 17.3. The van der Waals surface area contributed by atoms with Gasteiger partial charge in [-0.1, -0.05) is 56.5 Å². The van der Waals surface area contributed by atoms with Gasteiger partial charge in [-0.15, -0.1) is 0 Å². The molecule has 0 saturated carbocycles. The van der Waals surface area contributed by atoms with Gasteiger partial charge in [0.2, 0.25) is 0 Å². The number of carbonyl (C=O) groups excluding carboxylic acids is 1. The molecule has 0 bridgehead atoms. The van der Waals surface area contributed by atoms with Crippen molar-refractivity contribution in [3.63, 3.8) is 0 Å². The third kappa shape index (κ3) is 5.77. The SMILES string of the molecule is CCCCC[SiH]1CCC(c2ccc(C(=O)Oc3ccc(F)cc3)cc2)CC1. The van der Waals surface area contributed by atoms with Gasteiger partial charge in [-0.05, 0) is 60.7 Å². The first-order chi connectivity index (χ1) is 13.2. The van der Waals surface area contributed by atoms with Crippen molar-refractivity contribution >= 4 is 14.8 Å². The number of unbranched alkanes of at least 4 members (excludes halogenated alkanes) is 2. The maximum atomic E-state index is 12.9. The van der Waals surface area contributed by atoms with Crippen LogP contribution in [0.2, 0.25) is 18.1 Å². The lowest BCUT2D eigenvalue weighted by Crippen LogP contribution is -2.20. The minimum atomic E-state index is -0.490. The second-order valence-corrected chi connectivity index (χ2v) is 11.1. The molecule has 1 heterocycles. The number of ether oxygens (including phenoxy) is 1. The van der Waals surface area contributed by atoms with Crippen LogP contribution in [0.4, 0.5) is 4.39 Å². The van der Waals surface area contributed by atoms with Gasteiger partial charge in [0.25, 0.3) is 0 Å². The molecular formula is C23H29FO2Si. The number of carbonyl (C=O) groups is 1. The predicted octanol–water partition coefficient (Wildman–Crippen LogP) is 6.34. The molecule has 1 fully saturated rings. The van der Waals surface area contributed by atoms with Crippen molar-refractivity contribution < 1.29 is 13.9 Å².